The molecule has 0 aromatic carbocycles. The Labute approximate surface area is 113 Å². The maximum absolute atomic E-state index is 5.52. The normalized spacial score (nSPS) is 10.4. The van der Waals surface area contributed by atoms with Crippen molar-refractivity contribution in [3.05, 3.63) is 35.8 Å². The van der Waals surface area contributed by atoms with E-state index >= 15 is 0 Å². The summed E-state index contributed by atoms with van der Waals surface area (Å²) in [7, 11) is 0. The largest absolute Gasteiger partial charge is 0.490 e. The molecule has 2 N–H and O–H groups in total. The second-order valence-corrected chi connectivity index (χ2v) is 4.33. The van der Waals surface area contributed by atoms with Gasteiger partial charge in [0.15, 0.2) is 11.6 Å². The molecule has 0 atom stereocenters. The lowest BCUT2D eigenvalue weighted by Gasteiger charge is -2.10. The third kappa shape index (κ3) is 3.71. The molecule has 2 aromatic rings. The number of H-pyrrole nitrogens is 1. The zero-order valence-corrected chi connectivity index (χ0v) is 11.4. The zero-order chi connectivity index (χ0) is 13.5. The third-order valence-corrected chi connectivity index (χ3v) is 2.92. The molecule has 102 valence electrons. The first-order chi connectivity index (χ1) is 9.31. The van der Waals surface area contributed by atoms with Crippen LogP contribution in [0, 0.1) is 6.92 Å². The minimum atomic E-state index is 0.647. The summed E-state index contributed by atoms with van der Waals surface area (Å²) in [6, 6.07) is 3.81. The average molecular weight is 260 g/mol. The Morgan fingerprint density at radius 1 is 1.42 bits per heavy atom. The van der Waals surface area contributed by atoms with Crippen molar-refractivity contribution in [1.29, 1.82) is 0 Å². The van der Waals surface area contributed by atoms with Gasteiger partial charge in [-0.25, -0.2) is 4.98 Å². The molecule has 0 bridgehead atoms. The number of aromatic nitrogens is 3. The first kappa shape index (κ1) is 13.4. The highest BCUT2D eigenvalue weighted by Crippen LogP contribution is 2.20. The number of anilines is 1. The lowest BCUT2D eigenvalue weighted by Crippen LogP contribution is -2.07. The van der Waals surface area contributed by atoms with Crippen LogP contribution in [-0.4, -0.2) is 28.3 Å². The van der Waals surface area contributed by atoms with E-state index in [0.29, 0.717) is 6.61 Å². The van der Waals surface area contributed by atoms with Crippen molar-refractivity contribution >= 4 is 5.82 Å². The number of aromatic amines is 1. The first-order valence-electron chi connectivity index (χ1n) is 6.61. The van der Waals surface area contributed by atoms with Crippen molar-refractivity contribution in [2.24, 2.45) is 0 Å². The molecule has 5 heteroatoms. The predicted octanol–water partition coefficient (Wildman–Crippen LogP) is 2.56. The molecule has 0 unspecified atom stereocenters. The highest BCUT2D eigenvalue weighted by molar-refractivity contribution is 5.49. The van der Waals surface area contributed by atoms with Gasteiger partial charge in [-0.1, -0.05) is 0 Å². The molecular formula is C14H20N4O. The summed E-state index contributed by atoms with van der Waals surface area (Å²) in [5.41, 5.74) is 2.42. The highest BCUT2D eigenvalue weighted by Gasteiger charge is 2.04. The Hall–Kier alpha value is -2.04. The van der Waals surface area contributed by atoms with Crippen LogP contribution in [-0.2, 0) is 6.42 Å². The number of nitrogens with one attached hydrogen (secondary N) is 2. The van der Waals surface area contributed by atoms with Gasteiger partial charge in [0, 0.05) is 18.4 Å². The van der Waals surface area contributed by atoms with Crippen LogP contribution in [0.4, 0.5) is 5.82 Å². The fraction of sp³-hybridized carbons (Fsp3) is 0.429. The number of ether oxygens (including phenoxy) is 1. The van der Waals surface area contributed by atoms with Crippen LogP contribution in [0.25, 0.3) is 0 Å². The molecule has 0 aliphatic carbocycles. The summed E-state index contributed by atoms with van der Waals surface area (Å²) in [6.07, 6.45) is 5.70. The molecule has 0 amide bonds. The number of pyridine rings is 1. The van der Waals surface area contributed by atoms with Crippen molar-refractivity contribution in [3.63, 3.8) is 0 Å². The van der Waals surface area contributed by atoms with Gasteiger partial charge in [0.2, 0.25) is 0 Å². The molecule has 0 fully saturated rings. The van der Waals surface area contributed by atoms with E-state index in [1.165, 1.54) is 5.56 Å². The second-order valence-electron chi connectivity index (χ2n) is 4.33. The van der Waals surface area contributed by atoms with Crippen molar-refractivity contribution < 1.29 is 4.74 Å². The van der Waals surface area contributed by atoms with Crippen molar-refractivity contribution in [2.45, 2.75) is 26.7 Å². The predicted molar refractivity (Wildman–Crippen MR) is 75.5 cm³/mol. The van der Waals surface area contributed by atoms with E-state index < -0.39 is 0 Å². The topological polar surface area (TPSA) is 62.8 Å². The number of hydrogen-bond acceptors (Lipinski definition) is 4. The fourth-order valence-corrected chi connectivity index (χ4v) is 1.91. The van der Waals surface area contributed by atoms with E-state index in [1.807, 2.05) is 32.2 Å². The van der Waals surface area contributed by atoms with Crippen molar-refractivity contribution in [1.82, 2.24) is 15.2 Å². The Bertz CT molecular complexity index is 510. The first-order valence-corrected chi connectivity index (χ1v) is 6.61. The van der Waals surface area contributed by atoms with Crippen LogP contribution in [0.1, 0.15) is 24.6 Å². The van der Waals surface area contributed by atoms with Gasteiger partial charge in [0.05, 0.1) is 12.8 Å². The van der Waals surface area contributed by atoms with Gasteiger partial charge in [-0.15, -0.1) is 0 Å². The summed E-state index contributed by atoms with van der Waals surface area (Å²) in [5, 5.41) is 10.3. The van der Waals surface area contributed by atoms with Crippen LogP contribution < -0.4 is 10.1 Å². The summed E-state index contributed by atoms with van der Waals surface area (Å²) < 4.78 is 5.52. The molecule has 0 aliphatic rings. The fourth-order valence-electron chi connectivity index (χ4n) is 1.91. The van der Waals surface area contributed by atoms with Crippen molar-refractivity contribution in [2.75, 3.05) is 18.5 Å². The SMILES string of the molecule is CCOc1cccnc1NCCCc1cn[nH]c1C. The average Bonchev–Trinajstić information content (AvgIpc) is 2.82. The van der Waals surface area contributed by atoms with Gasteiger partial charge in [-0.05, 0) is 44.4 Å². The van der Waals surface area contributed by atoms with Crippen LogP contribution in [0.3, 0.4) is 0 Å². The molecule has 19 heavy (non-hydrogen) atoms. The molecule has 0 saturated carbocycles. The molecule has 2 heterocycles. The van der Waals surface area contributed by atoms with E-state index in [1.54, 1.807) is 6.20 Å². The van der Waals surface area contributed by atoms with E-state index in [9.17, 15) is 0 Å². The smallest absolute Gasteiger partial charge is 0.168 e. The molecule has 0 radical (unpaired) electrons. The lowest BCUT2D eigenvalue weighted by molar-refractivity contribution is 0.340. The van der Waals surface area contributed by atoms with Crippen LogP contribution in [0.2, 0.25) is 0 Å². The van der Waals surface area contributed by atoms with Gasteiger partial charge in [0.25, 0.3) is 0 Å². The molecule has 2 rings (SSSR count). The van der Waals surface area contributed by atoms with Crippen molar-refractivity contribution in [3.8, 4) is 5.75 Å². The monoisotopic (exact) mass is 260 g/mol. The Kier molecular flexibility index (Phi) is 4.78. The van der Waals surface area contributed by atoms with Crippen LogP contribution >= 0.6 is 0 Å². The third-order valence-electron chi connectivity index (χ3n) is 2.92. The van der Waals surface area contributed by atoms with Gasteiger partial charge < -0.3 is 10.1 Å². The van der Waals surface area contributed by atoms with Gasteiger partial charge in [0.1, 0.15) is 0 Å². The number of aryl methyl sites for hydroxylation is 2. The number of nitrogens with zero attached hydrogens (tertiary/aromatic N) is 2. The maximum Gasteiger partial charge on any atom is 0.168 e. The Balaban J connectivity index is 1.81. The Morgan fingerprint density at radius 3 is 3.05 bits per heavy atom. The standard InChI is InChI=1S/C14H20N4O/c1-3-19-13-7-5-9-16-14(13)15-8-4-6-12-10-17-18-11(12)2/h5,7,9-10H,3-4,6,8H2,1-2H3,(H,15,16)(H,17,18). The lowest BCUT2D eigenvalue weighted by atomic mass is 10.1. The summed E-state index contributed by atoms with van der Waals surface area (Å²) in [5.74, 6) is 1.62. The minimum Gasteiger partial charge on any atom is -0.490 e. The number of hydrogen-bond donors (Lipinski definition) is 2. The molecule has 2 aromatic heterocycles. The molecule has 0 spiro atoms. The molecule has 5 nitrogen and oxygen atoms in total. The van der Waals surface area contributed by atoms with E-state index in [4.69, 9.17) is 4.74 Å². The summed E-state index contributed by atoms with van der Waals surface area (Å²) in [6.45, 7) is 5.52. The van der Waals surface area contributed by atoms with Gasteiger partial charge >= 0.3 is 0 Å². The molecule has 0 saturated heterocycles. The van der Waals surface area contributed by atoms with Crippen LogP contribution in [0.15, 0.2) is 24.5 Å². The van der Waals surface area contributed by atoms with E-state index in [-0.39, 0.29) is 0 Å². The number of rotatable bonds is 7. The summed E-state index contributed by atoms with van der Waals surface area (Å²) in [4.78, 5) is 4.29. The molecule has 0 aliphatic heterocycles. The van der Waals surface area contributed by atoms with Gasteiger partial charge in [-0.2, -0.15) is 5.10 Å². The Morgan fingerprint density at radius 2 is 2.32 bits per heavy atom. The maximum atomic E-state index is 5.52. The van der Waals surface area contributed by atoms with Crippen LogP contribution in [0.5, 0.6) is 5.75 Å². The zero-order valence-electron chi connectivity index (χ0n) is 11.4. The minimum absolute atomic E-state index is 0.647. The quantitative estimate of drug-likeness (QED) is 0.751. The van der Waals surface area contributed by atoms with E-state index in [2.05, 4.69) is 20.5 Å². The van der Waals surface area contributed by atoms with Gasteiger partial charge in [-0.3, -0.25) is 5.10 Å². The highest BCUT2D eigenvalue weighted by atomic mass is 16.5. The second kappa shape index (κ2) is 6.78. The summed E-state index contributed by atoms with van der Waals surface area (Å²) >= 11 is 0. The molecular weight excluding hydrogens is 240 g/mol. The van der Waals surface area contributed by atoms with E-state index in [0.717, 1.165) is 36.6 Å².